The third-order valence-electron chi connectivity index (χ3n) is 2.05. The number of halogens is 3. The Balaban J connectivity index is 2.76. The molecule has 0 bridgehead atoms. The van der Waals surface area contributed by atoms with E-state index in [1.54, 1.807) is 6.92 Å². The second-order valence-electron chi connectivity index (χ2n) is 3.32. The van der Waals surface area contributed by atoms with Gasteiger partial charge in [-0.1, -0.05) is 0 Å². The predicted octanol–water partition coefficient (Wildman–Crippen LogP) is 3.04. The fourth-order valence-electron chi connectivity index (χ4n) is 1.22. The average Bonchev–Trinajstić information content (AvgIpc) is 2.19. The van der Waals surface area contributed by atoms with Crippen LogP contribution in [-0.4, -0.2) is 20.3 Å². The number of benzene rings is 1. The molecule has 1 aromatic carbocycles. The molecular weight excluding hydrogens is 221 g/mol. The first kappa shape index (κ1) is 12.8. The van der Waals surface area contributed by atoms with Crippen molar-refractivity contribution in [3.63, 3.8) is 0 Å². The number of hydrogen-bond acceptors (Lipinski definition) is 2. The van der Waals surface area contributed by atoms with Crippen molar-refractivity contribution >= 4 is 0 Å². The molecule has 16 heavy (non-hydrogen) atoms. The molecule has 0 N–H and O–H groups in total. The standard InChI is InChI=1S/C11H13F3O2/c1-8-7-9(11(12,13)14)3-4-10(8)16-6-5-15-2/h3-4,7H,5-6H2,1-2H3. The lowest BCUT2D eigenvalue weighted by molar-refractivity contribution is -0.137. The van der Waals surface area contributed by atoms with Crippen molar-refractivity contribution in [3.05, 3.63) is 29.3 Å². The molecule has 0 spiro atoms. The summed E-state index contributed by atoms with van der Waals surface area (Å²) in [4.78, 5) is 0. The summed E-state index contributed by atoms with van der Waals surface area (Å²) in [6.45, 7) is 2.31. The fraction of sp³-hybridized carbons (Fsp3) is 0.455. The highest BCUT2D eigenvalue weighted by Gasteiger charge is 2.30. The molecule has 0 aromatic heterocycles. The lowest BCUT2D eigenvalue weighted by Gasteiger charge is -2.11. The number of ether oxygens (including phenoxy) is 2. The first-order valence-electron chi connectivity index (χ1n) is 4.74. The summed E-state index contributed by atoms with van der Waals surface area (Å²) in [6, 6.07) is 3.41. The van der Waals surface area contributed by atoms with Crippen LogP contribution >= 0.6 is 0 Å². The zero-order valence-corrected chi connectivity index (χ0v) is 9.10. The van der Waals surface area contributed by atoms with E-state index in [0.717, 1.165) is 12.1 Å². The number of hydrogen-bond donors (Lipinski definition) is 0. The molecule has 1 rings (SSSR count). The van der Waals surface area contributed by atoms with Gasteiger partial charge in [0.15, 0.2) is 0 Å². The van der Waals surface area contributed by atoms with Gasteiger partial charge in [0.25, 0.3) is 0 Å². The molecule has 0 heterocycles. The summed E-state index contributed by atoms with van der Waals surface area (Å²) in [6.07, 6.45) is -4.31. The maximum absolute atomic E-state index is 12.3. The Labute approximate surface area is 92.0 Å². The highest BCUT2D eigenvalue weighted by atomic mass is 19.4. The third-order valence-corrected chi connectivity index (χ3v) is 2.05. The molecule has 0 radical (unpaired) electrons. The second-order valence-corrected chi connectivity index (χ2v) is 3.32. The van der Waals surface area contributed by atoms with Crippen LogP contribution in [0.3, 0.4) is 0 Å². The molecule has 0 aliphatic heterocycles. The molecule has 0 amide bonds. The quantitative estimate of drug-likeness (QED) is 0.745. The van der Waals surface area contributed by atoms with E-state index < -0.39 is 11.7 Å². The molecule has 0 aliphatic carbocycles. The number of rotatable bonds is 4. The molecule has 90 valence electrons. The van der Waals surface area contributed by atoms with Crippen molar-refractivity contribution in [1.29, 1.82) is 0 Å². The van der Waals surface area contributed by atoms with Gasteiger partial charge in [-0.3, -0.25) is 0 Å². The highest BCUT2D eigenvalue weighted by Crippen LogP contribution is 2.32. The Morgan fingerprint density at radius 2 is 1.88 bits per heavy atom. The van der Waals surface area contributed by atoms with Gasteiger partial charge in [0, 0.05) is 7.11 Å². The van der Waals surface area contributed by atoms with Crippen molar-refractivity contribution in [2.24, 2.45) is 0 Å². The van der Waals surface area contributed by atoms with Crippen LogP contribution in [-0.2, 0) is 10.9 Å². The van der Waals surface area contributed by atoms with Gasteiger partial charge in [-0.25, -0.2) is 0 Å². The summed E-state index contributed by atoms with van der Waals surface area (Å²) in [5.74, 6) is 0.449. The molecule has 0 saturated carbocycles. The number of aryl methyl sites for hydroxylation is 1. The van der Waals surface area contributed by atoms with E-state index in [9.17, 15) is 13.2 Å². The lowest BCUT2D eigenvalue weighted by Crippen LogP contribution is -2.08. The van der Waals surface area contributed by atoms with Crippen LogP contribution in [0, 0.1) is 6.92 Å². The molecule has 5 heteroatoms. The Kier molecular flexibility index (Phi) is 4.18. The summed E-state index contributed by atoms with van der Waals surface area (Å²) < 4.78 is 47.1. The van der Waals surface area contributed by atoms with Gasteiger partial charge in [-0.05, 0) is 30.7 Å². The van der Waals surface area contributed by atoms with Crippen LogP contribution in [0.4, 0.5) is 13.2 Å². The molecule has 0 saturated heterocycles. The Hall–Kier alpha value is -1.23. The molecule has 1 aromatic rings. The molecule has 0 aliphatic rings. The molecular formula is C11H13F3O2. The van der Waals surface area contributed by atoms with Crippen LogP contribution in [0.15, 0.2) is 18.2 Å². The zero-order valence-electron chi connectivity index (χ0n) is 9.10. The second kappa shape index (κ2) is 5.21. The van der Waals surface area contributed by atoms with Gasteiger partial charge in [0.2, 0.25) is 0 Å². The Bertz CT molecular complexity index is 348. The molecule has 0 atom stereocenters. The van der Waals surface area contributed by atoms with Crippen molar-refractivity contribution < 1.29 is 22.6 Å². The summed E-state index contributed by atoms with van der Waals surface area (Å²) in [5.41, 5.74) is -0.199. The van der Waals surface area contributed by atoms with Crippen molar-refractivity contribution in [2.75, 3.05) is 20.3 Å². The van der Waals surface area contributed by atoms with E-state index in [1.165, 1.54) is 13.2 Å². The minimum absolute atomic E-state index is 0.322. The average molecular weight is 234 g/mol. The highest BCUT2D eigenvalue weighted by molar-refractivity contribution is 5.37. The van der Waals surface area contributed by atoms with E-state index >= 15 is 0 Å². The lowest BCUT2D eigenvalue weighted by atomic mass is 10.1. The van der Waals surface area contributed by atoms with Crippen molar-refractivity contribution in [2.45, 2.75) is 13.1 Å². The van der Waals surface area contributed by atoms with Gasteiger partial charge in [-0.15, -0.1) is 0 Å². The monoisotopic (exact) mass is 234 g/mol. The largest absolute Gasteiger partial charge is 0.491 e. The Morgan fingerprint density at radius 3 is 2.38 bits per heavy atom. The summed E-state index contributed by atoms with van der Waals surface area (Å²) in [7, 11) is 1.53. The fourth-order valence-corrected chi connectivity index (χ4v) is 1.22. The Morgan fingerprint density at radius 1 is 1.19 bits per heavy atom. The maximum atomic E-state index is 12.3. The molecule has 0 unspecified atom stereocenters. The summed E-state index contributed by atoms with van der Waals surface area (Å²) in [5, 5.41) is 0. The maximum Gasteiger partial charge on any atom is 0.416 e. The van der Waals surface area contributed by atoms with Crippen LogP contribution in [0.25, 0.3) is 0 Å². The van der Waals surface area contributed by atoms with Gasteiger partial charge in [0.1, 0.15) is 12.4 Å². The SMILES string of the molecule is COCCOc1ccc(C(F)(F)F)cc1C. The van der Waals surface area contributed by atoms with Gasteiger partial charge < -0.3 is 9.47 Å². The topological polar surface area (TPSA) is 18.5 Å². The molecule has 0 fully saturated rings. The number of methoxy groups -OCH3 is 1. The van der Waals surface area contributed by atoms with Crippen LogP contribution in [0.5, 0.6) is 5.75 Å². The van der Waals surface area contributed by atoms with Gasteiger partial charge >= 0.3 is 6.18 Å². The smallest absolute Gasteiger partial charge is 0.416 e. The van der Waals surface area contributed by atoms with Crippen molar-refractivity contribution in [1.82, 2.24) is 0 Å². The van der Waals surface area contributed by atoms with E-state index in [-0.39, 0.29) is 0 Å². The van der Waals surface area contributed by atoms with Crippen LogP contribution < -0.4 is 4.74 Å². The van der Waals surface area contributed by atoms with E-state index in [2.05, 4.69) is 0 Å². The first-order valence-corrected chi connectivity index (χ1v) is 4.74. The van der Waals surface area contributed by atoms with E-state index in [0.29, 0.717) is 24.5 Å². The predicted molar refractivity (Wildman–Crippen MR) is 53.6 cm³/mol. The third kappa shape index (κ3) is 3.41. The van der Waals surface area contributed by atoms with Gasteiger partial charge in [-0.2, -0.15) is 13.2 Å². The molecule has 2 nitrogen and oxygen atoms in total. The summed E-state index contributed by atoms with van der Waals surface area (Å²) >= 11 is 0. The minimum Gasteiger partial charge on any atom is -0.491 e. The number of alkyl halides is 3. The van der Waals surface area contributed by atoms with Crippen molar-refractivity contribution in [3.8, 4) is 5.75 Å². The zero-order chi connectivity index (χ0) is 12.2. The van der Waals surface area contributed by atoms with E-state index in [4.69, 9.17) is 9.47 Å². The van der Waals surface area contributed by atoms with Crippen LogP contribution in [0.1, 0.15) is 11.1 Å². The normalized spacial score (nSPS) is 11.6. The van der Waals surface area contributed by atoms with Crippen LogP contribution in [0.2, 0.25) is 0 Å². The first-order chi connectivity index (χ1) is 7.45. The van der Waals surface area contributed by atoms with E-state index in [1.807, 2.05) is 0 Å². The van der Waals surface area contributed by atoms with Gasteiger partial charge in [0.05, 0.1) is 12.2 Å². The minimum atomic E-state index is -4.31.